The molecule has 2 rings (SSSR count). The van der Waals surface area contributed by atoms with Gasteiger partial charge in [0.05, 0.1) is 6.61 Å². The van der Waals surface area contributed by atoms with Crippen LogP contribution >= 0.6 is 0 Å². The first-order chi connectivity index (χ1) is 10.2. The molecule has 4 nitrogen and oxygen atoms in total. The molecule has 1 fully saturated rings. The van der Waals surface area contributed by atoms with E-state index in [4.69, 9.17) is 4.74 Å². The van der Waals surface area contributed by atoms with Crippen molar-refractivity contribution in [3.8, 4) is 11.5 Å². The maximum Gasteiger partial charge on any atom is 0.162 e. The Kier molecular flexibility index (Phi) is 6.33. The van der Waals surface area contributed by atoms with E-state index in [1.165, 1.54) is 32.4 Å². The summed E-state index contributed by atoms with van der Waals surface area (Å²) < 4.78 is 5.41. The predicted octanol–water partition coefficient (Wildman–Crippen LogP) is 2.75. The van der Waals surface area contributed by atoms with Crippen LogP contribution in [-0.2, 0) is 6.54 Å². The van der Waals surface area contributed by atoms with E-state index in [-0.39, 0.29) is 5.75 Å². The normalized spacial score (nSPS) is 17.6. The lowest BCUT2D eigenvalue weighted by Crippen LogP contribution is -2.42. The highest BCUT2D eigenvalue weighted by Crippen LogP contribution is 2.29. The third kappa shape index (κ3) is 4.61. The van der Waals surface area contributed by atoms with Gasteiger partial charge in [0.2, 0.25) is 0 Å². The molecule has 1 saturated heterocycles. The van der Waals surface area contributed by atoms with E-state index >= 15 is 0 Å². The lowest BCUT2D eigenvalue weighted by molar-refractivity contribution is 0.170. The molecule has 21 heavy (non-hydrogen) atoms. The third-order valence-electron chi connectivity index (χ3n) is 4.15. The molecule has 0 aliphatic carbocycles. The maximum absolute atomic E-state index is 10.2. The number of likely N-dealkylation sites (tertiary alicyclic amines) is 1. The number of hydrogen-bond donors (Lipinski definition) is 2. The van der Waals surface area contributed by atoms with Crippen LogP contribution in [0.2, 0.25) is 0 Å². The lowest BCUT2D eigenvalue weighted by atomic mass is 10.1. The van der Waals surface area contributed by atoms with Crippen molar-refractivity contribution in [2.45, 2.75) is 45.7 Å². The van der Waals surface area contributed by atoms with Gasteiger partial charge in [-0.2, -0.15) is 0 Å². The summed E-state index contributed by atoms with van der Waals surface area (Å²) in [4.78, 5) is 2.55. The third-order valence-corrected chi connectivity index (χ3v) is 4.15. The van der Waals surface area contributed by atoms with E-state index in [2.05, 4.69) is 17.1 Å². The van der Waals surface area contributed by atoms with Crippen LogP contribution in [0.15, 0.2) is 18.2 Å². The van der Waals surface area contributed by atoms with E-state index in [9.17, 15) is 5.11 Å². The number of para-hydroxylation sites is 1. The standard InChI is InChI=1S/C17H28N2O2/c1-3-21-16-9-7-8-15(17(16)20)13-18-12-14(2)19-10-5-4-6-11-19/h7-9,14,18,20H,3-6,10-13H2,1-2H3. The highest BCUT2D eigenvalue weighted by Gasteiger charge is 2.16. The van der Waals surface area contributed by atoms with Gasteiger partial charge < -0.3 is 15.2 Å². The van der Waals surface area contributed by atoms with Gasteiger partial charge in [-0.25, -0.2) is 0 Å². The van der Waals surface area contributed by atoms with Gasteiger partial charge in [0, 0.05) is 24.7 Å². The number of piperidine rings is 1. The molecule has 1 aromatic carbocycles. The monoisotopic (exact) mass is 292 g/mol. The molecule has 1 atom stereocenters. The average molecular weight is 292 g/mol. The van der Waals surface area contributed by atoms with Crippen molar-refractivity contribution in [3.05, 3.63) is 23.8 Å². The van der Waals surface area contributed by atoms with Gasteiger partial charge in [-0.05, 0) is 45.8 Å². The molecule has 0 aromatic heterocycles. The Bertz CT molecular complexity index is 431. The van der Waals surface area contributed by atoms with Gasteiger partial charge in [-0.3, -0.25) is 4.90 Å². The van der Waals surface area contributed by atoms with Crippen LogP contribution in [0.4, 0.5) is 0 Å². The number of ether oxygens (including phenoxy) is 1. The molecule has 4 heteroatoms. The van der Waals surface area contributed by atoms with Gasteiger partial charge >= 0.3 is 0 Å². The summed E-state index contributed by atoms with van der Waals surface area (Å²) in [5, 5.41) is 13.6. The molecule has 0 bridgehead atoms. The maximum atomic E-state index is 10.2. The van der Waals surface area contributed by atoms with Gasteiger partial charge in [0.25, 0.3) is 0 Å². The quantitative estimate of drug-likeness (QED) is 0.811. The number of phenolic OH excluding ortho intramolecular Hbond substituents is 1. The highest BCUT2D eigenvalue weighted by molar-refractivity contribution is 5.45. The Balaban J connectivity index is 1.81. The smallest absolute Gasteiger partial charge is 0.162 e. The number of phenols is 1. The first kappa shape index (κ1) is 16.1. The molecular weight excluding hydrogens is 264 g/mol. The van der Waals surface area contributed by atoms with Gasteiger partial charge in [-0.1, -0.05) is 18.6 Å². The SMILES string of the molecule is CCOc1cccc(CNCC(C)N2CCCCC2)c1O. The lowest BCUT2D eigenvalue weighted by Gasteiger charge is -2.32. The van der Waals surface area contributed by atoms with Crippen molar-refractivity contribution >= 4 is 0 Å². The molecule has 1 aliphatic rings. The number of hydrogen-bond acceptors (Lipinski definition) is 4. The summed E-state index contributed by atoms with van der Waals surface area (Å²) in [5.74, 6) is 0.832. The van der Waals surface area contributed by atoms with Crippen molar-refractivity contribution in [2.24, 2.45) is 0 Å². The van der Waals surface area contributed by atoms with Gasteiger partial charge in [-0.15, -0.1) is 0 Å². The van der Waals surface area contributed by atoms with Gasteiger partial charge in [0.1, 0.15) is 0 Å². The zero-order valence-electron chi connectivity index (χ0n) is 13.3. The minimum absolute atomic E-state index is 0.262. The average Bonchev–Trinajstić information content (AvgIpc) is 2.52. The molecule has 1 aliphatic heterocycles. The fraction of sp³-hybridized carbons (Fsp3) is 0.647. The molecule has 1 aromatic rings. The van der Waals surface area contributed by atoms with Crippen molar-refractivity contribution < 1.29 is 9.84 Å². The van der Waals surface area contributed by atoms with Crippen molar-refractivity contribution in [1.29, 1.82) is 0 Å². The number of rotatable bonds is 7. The van der Waals surface area contributed by atoms with Gasteiger partial charge in [0.15, 0.2) is 11.5 Å². The van der Waals surface area contributed by atoms with E-state index in [1.807, 2.05) is 19.1 Å². The first-order valence-corrected chi connectivity index (χ1v) is 8.10. The zero-order valence-corrected chi connectivity index (χ0v) is 13.3. The van der Waals surface area contributed by atoms with Crippen molar-refractivity contribution in [1.82, 2.24) is 10.2 Å². The van der Waals surface area contributed by atoms with E-state index in [0.29, 0.717) is 24.9 Å². The Morgan fingerprint density at radius 2 is 2.05 bits per heavy atom. The second-order valence-electron chi connectivity index (χ2n) is 5.77. The largest absolute Gasteiger partial charge is 0.504 e. The van der Waals surface area contributed by atoms with Crippen LogP contribution in [-0.4, -0.2) is 42.3 Å². The van der Waals surface area contributed by atoms with Crippen LogP contribution in [0.5, 0.6) is 11.5 Å². The molecule has 1 unspecified atom stereocenters. The molecule has 1 heterocycles. The molecule has 0 spiro atoms. The Morgan fingerprint density at radius 3 is 2.76 bits per heavy atom. The zero-order chi connectivity index (χ0) is 15.1. The Labute approximate surface area is 128 Å². The Morgan fingerprint density at radius 1 is 1.29 bits per heavy atom. The van der Waals surface area contributed by atoms with Crippen LogP contribution in [0.1, 0.15) is 38.7 Å². The van der Waals surface area contributed by atoms with Crippen LogP contribution in [0, 0.1) is 0 Å². The molecule has 2 N–H and O–H groups in total. The second kappa shape index (κ2) is 8.25. The molecular formula is C17H28N2O2. The van der Waals surface area contributed by atoms with E-state index in [0.717, 1.165) is 12.1 Å². The van der Waals surface area contributed by atoms with Crippen LogP contribution in [0.25, 0.3) is 0 Å². The van der Waals surface area contributed by atoms with Crippen molar-refractivity contribution in [2.75, 3.05) is 26.2 Å². The summed E-state index contributed by atoms with van der Waals surface area (Å²) in [5.41, 5.74) is 0.895. The van der Waals surface area contributed by atoms with Crippen molar-refractivity contribution in [3.63, 3.8) is 0 Å². The molecule has 0 amide bonds. The number of aromatic hydroxyl groups is 1. The van der Waals surface area contributed by atoms with Crippen LogP contribution in [0.3, 0.4) is 0 Å². The summed E-state index contributed by atoms with van der Waals surface area (Å²) in [6.07, 6.45) is 4.01. The number of nitrogens with one attached hydrogen (secondary N) is 1. The molecule has 0 radical (unpaired) electrons. The minimum Gasteiger partial charge on any atom is -0.504 e. The summed E-state index contributed by atoms with van der Waals surface area (Å²) >= 11 is 0. The Hall–Kier alpha value is -1.26. The highest BCUT2D eigenvalue weighted by atomic mass is 16.5. The summed E-state index contributed by atoms with van der Waals surface area (Å²) in [6, 6.07) is 6.22. The summed E-state index contributed by atoms with van der Waals surface area (Å²) in [7, 11) is 0. The second-order valence-corrected chi connectivity index (χ2v) is 5.77. The minimum atomic E-state index is 0.262. The van der Waals surface area contributed by atoms with E-state index < -0.39 is 0 Å². The first-order valence-electron chi connectivity index (χ1n) is 8.10. The predicted molar refractivity (Wildman–Crippen MR) is 85.9 cm³/mol. The van der Waals surface area contributed by atoms with Crippen LogP contribution < -0.4 is 10.1 Å². The number of benzene rings is 1. The topological polar surface area (TPSA) is 44.7 Å². The number of nitrogens with zero attached hydrogens (tertiary/aromatic N) is 1. The fourth-order valence-corrected chi connectivity index (χ4v) is 2.89. The molecule has 0 saturated carbocycles. The fourth-order valence-electron chi connectivity index (χ4n) is 2.89. The summed E-state index contributed by atoms with van der Waals surface area (Å²) in [6.45, 7) is 8.81. The molecule has 118 valence electrons. The van der Waals surface area contributed by atoms with E-state index in [1.54, 1.807) is 6.07 Å².